The normalized spacial score (nSPS) is 14.9. The van der Waals surface area contributed by atoms with E-state index in [0.29, 0.717) is 18.7 Å². The first-order valence-corrected chi connectivity index (χ1v) is 8.48. The summed E-state index contributed by atoms with van der Waals surface area (Å²) in [6.07, 6.45) is 5.11. The number of anilines is 1. The lowest BCUT2D eigenvalue weighted by atomic mass is 10.2. The summed E-state index contributed by atoms with van der Waals surface area (Å²) in [6.45, 7) is 5.53. The van der Waals surface area contributed by atoms with Gasteiger partial charge in [-0.15, -0.1) is 0 Å². The van der Waals surface area contributed by atoms with E-state index >= 15 is 0 Å². The molecule has 1 saturated heterocycles. The van der Waals surface area contributed by atoms with Crippen LogP contribution in [0, 0.1) is 0 Å². The van der Waals surface area contributed by atoms with Crippen LogP contribution in [0.15, 0.2) is 42.9 Å². The summed E-state index contributed by atoms with van der Waals surface area (Å²) in [5.74, 6) is 0.642. The minimum absolute atomic E-state index is 0.0959. The number of carbonyl (C=O) groups excluding carboxylic acids is 1. The quantitative estimate of drug-likeness (QED) is 0.786. The van der Waals surface area contributed by atoms with Crippen LogP contribution in [0.4, 0.5) is 5.82 Å². The highest BCUT2D eigenvalue weighted by atomic mass is 16.5. The van der Waals surface area contributed by atoms with Crippen molar-refractivity contribution in [2.24, 2.45) is 0 Å². The van der Waals surface area contributed by atoms with Gasteiger partial charge in [-0.1, -0.05) is 0 Å². The highest BCUT2D eigenvalue weighted by Crippen LogP contribution is 2.07. The van der Waals surface area contributed by atoms with Crippen molar-refractivity contribution in [3.05, 3.63) is 54.0 Å². The first-order valence-electron chi connectivity index (χ1n) is 8.48. The number of morpholine rings is 1. The molecule has 0 unspecified atom stereocenters. The molecule has 0 aromatic carbocycles. The van der Waals surface area contributed by atoms with Crippen LogP contribution < -0.4 is 10.6 Å². The van der Waals surface area contributed by atoms with Crippen molar-refractivity contribution in [1.29, 1.82) is 0 Å². The third-order valence-corrected chi connectivity index (χ3v) is 4.07. The Kier molecular flexibility index (Phi) is 6.30. The molecule has 0 saturated carbocycles. The summed E-state index contributed by atoms with van der Waals surface area (Å²) >= 11 is 0. The molecule has 1 aliphatic heterocycles. The first-order chi connectivity index (χ1) is 12.3. The van der Waals surface area contributed by atoms with Gasteiger partial charge in [0.05, 0.1) is 18.8 Å². The number of pyridine rings is 2. The Balaban J connectivity index is 1.42. The Bertz CT molecular complexity index is 657. The molecule has 1 amide bonds. The van der Waals surface area contributed by atoms with Crippen molar-refractivity contribution in [2.75, 3.05) is 44.7 Å². The molecule has 1 aliphatic rings. The van der Waals surface area contributed by atoms with Gasteiger partial charge < -0.3 is 15.4 Å². The van der Waals surface area contributed by atoms with E-state index in [-0.39, 0.29) is 5.91 Å². The molecule has 7 nitrogen and oxygen atoms in total. The van der Waals surface area contributed by atoms with Gasteiger partial charge in [0.15, 0.2) is 0 Å². The molecule has 0 aliphatic carbocycles. The van der Waals surface area contributed by atoms with Crippen LogP contribution in [0.2, 0.25) is 0 Å². The summed E-state index contributed by atoms with van der Waals surface area (Å²) in [7, 11) is 0. The molecule has 0 spiro atoms. The lowest BCUT2D eigenvalue weighted by molar-refractivity contribution is 0.0383. The topological polar surface area (TPSA) is 79.4 Å². The Morgan fingerprint density at radius 2 is 1.96 bits per heavy atom. The van der Waals surface area contributed by atoms with Crippen LogP contribution in [-0.2, 0) is 11.3 Å². The standard InChI is InChI=1S/C18H23N5O2/c24-18(20-7-8-23-9-11-25-12-10-23)16-1-2-17(22-14-16)21-13-15-3-5-19-6-4-15/h1-6,14H,7-13H2,(H,20,24)(H,21,22). The van der Waals surface area contributed by atoms with Gasteiger partial charge in [-0.25, -0.2) is 4.98 Å². The number of hydrogen-bond donors (Lipinski definition) is 2. The zero-order chi connectivity index (χ0) is 17.3. The fourth-order valence-electron chi connectivity index (χ4n) is 2.58. The molecule has 2 N–H and O–H groups in total. The zero-order valence-electron chi connectivity index (χ0n) is 14.1. The van der Waals surface area contributed by atoms with E-state index in [0.717, 1.165) is 44.2 Å². The maximum Gasteiger partial charge on any atom is 0.252 e. The van der Waals surface area contributed by atoms with Crippen LogP contribution in [0.3, 0.4) is 0 Å². The van der Waals surface area contributed by atoms with E-state index in [2.05, 4.69) is 25.5 Å². The van der Waals surface area contributed by atoms with Crippen molar-refractivity contribution in [2.45, 2.75) is 6.54 Å². The smallest absolute Gasteiger partial charge is 0.252 e. The van der Waals surface area contributed by atoms with Gasteiger partial charge >= 0.3 is 0 Å². The Labute approximate surface area is 147 Å². The van der Waals surface area contributed by atoms with Crippen molar-refractivity contribution >= 4 is 11.7 Å². The molecule has 2 aromatic heterocycles. The number of nitrogens with zero attached hydrogens (tertiary/aromatic N) is 3. The van der Waals surface area contributed by atoms with Crippen molar-refractivity contribution in [3.63, 3.8) is 0 Å². The average molecular weight is 341 g/mol. The number of aromatic nitrogens is 2. The summed E-state index contributed by atoms with van der Waals surface area (Å²) < 4.78 is 5.31. The molecule has 132 valence electrons. The van der Waals surface area contributed by atoms with Gasteiger partial charge in [-0.3, -0.25) is 14.7 Å². The largest absolute Gasteiger partial charge is 0.379 e. The van der Waals surface area contributed by atoms with Crippen molar-refractivity contribution in [1.82, 2.24) is 20.2 Å². The second-order valence-electron chi connectivity index (χ2n) is 5.85. The molecule has 2 aromatic rings. The van der Waals surface area contributed by atoms with E-state index in [1.54, 1.807) is 24.7 Å². The van der Waals surface area contributed by atoms with Gasteiger partial charge in [0, 0.05) is 51.3 Å². The van der Waals surface area contributed by atoms with Gasteiger partial charge in [-0.05, 0) is 29.8 Å². The number of hydrogen-bond acceptors (Lipinski definition) is 6. The number of ether oxygens (including phenoxy) is 1. The lowest BCUT2D eigenvalue weighted by Crippen LogP contribution is -2.41. The van der Waals surface area contributed by atoms with E-state index in [4.69, 9.17) is 4.74 Å². The molecule has 3 rings (SSSR count). The van der Waals surface area contributed by atoms with E-state index in [1.165, 1.54) is 0 Å². The molecular weight excluding hydrogens is 318 g/mol. The second-order valence-corrected chi connectivity index (χ2v) is 5.85. The summed E-state index contributed by atoms with van der Waals surface area (Å²) in [6, 6.07) is 7.50. The monoisotopic (exact) mass is 341 g/mol. The van der Waals surface area contributed by atoms with E-state index < -0.39 is 0 Å². The highest BCUT2D eigenvalue weighted by Gasteiger charge is 2.11. The molecular formula is C18H23N5O2. The minimum Gasteiger partial charge on any atom is -0.379 e. The Morgan fingerprint density at radius 1 is 1.16 bits per heavy atom. The van der Waals surface area contributed by atoms with Crippen LogP contribution in [0.5, 0.6) is 0 Å². The van der Waals surface area contributed by atoms with Gasteiger partial charge in [-0.2, -0.15) is 0 Å². The highest BCUT2D eigenvalue weighted by molar-refractivity contribution is 5.94. The van der Waals surface area contributed by atoms with Crippen LogP contribution in [0.25, 0.3) is 0 Å². The third kappa shape index (κ3) is 5.51. The summed E-state index contributed by atoms with van der Waals surface area (Å²) in [5, 5.41) is 6.16. The van der Waals surface area contributed by atoms with Crippen LogP contribution in [0.1, 0.15) is 15.9 Å². The maximum atomic E-state index is 12.2. The number of amides is 1. The lowest BCUT2D eigenvalue weighted by Gasteiger charge is -2.26. The van der Waals surface area contributed by atoms with Gasteiger partial charge in [0.1, 0.15) is 5.82 Å². The number of nitrogens with one attached hydrogen (secondary N) is 2. The zero-order valence-corrected chi connectivity index (χ0v) is 14.1. The molecule has 0 atom stereocenters. The molecule has 7 heteroatoms. The summed E-state index contributed by atoms with van der Waals surface area (Å²) in [4.78, 5) is 22.7. The molecule has 0 radical (unpaired) electrons. The maximum absolute atomic E-state index is 12.2. The van der Waals surface area contributed by atoms with Crippen LogP contribution in [-0.4, -0.2) is 60.2 Å². The Hall–Kier alpha value is -2.51. The van der Waals surface area contributed by atoms with Crippen molar-refractivity contribution < 1.29 is 9.53 Å². The molecule has 3 heterocycles. The fraction of sp³-hybridized carbons (Fsp3) is 0.389. The predicted molar refractivity (Wildman–Crippen MR) is 95.4 cm³/mol. The fourth-order valence-corrected chi connectivity index (χ4v) is 2.58. The average Bonchev–Trinajstić information content (AvgIpc) is 2.68. The SMILES string of the molecule is O=C(NCCN1CCOCC1)c1ccc(NCc2ccncc2)nc1. The second kappa shape index (κ2) is 9.10. The van der Waals surface area contributed by atoms with Gasteiger partial charge in [0.2, 0.25) is 0 Å². The predicted octanol–water partition coefficient (Wildman–Crippen LogP) is 1.15. The van der Waals surface area contributed by atoms with E-state index in [1.807, 2.05) is 18.2 Å². The molecule has 0 bridgehead atoms. The number of carbonyl (C=O) groups is 1. The Morgan fingerprint density at radius 3 is 2.68 bits per heavy atom. The molecule has 1 fully saturated rings. The first kappa shape index (κ1) is 17.3. The third-order valence-electron chi connectivity index (χ3n) is 4.07. The number of rotatable bonds is 7. The minimum atomic E-state index is -0.0959. The van der Waals surface area contributed by atoms with E-state index in [9.17, 15) is 4.79 Å². The van der Waals surface area contributed by atoms with Gasteiger partial charge in [0.25, 0.3) is 5.91 Å². The van der Waals surface area contributed by atoms with Crippen molar-refractivity contribution in [3.8, 4) is 0 Å². The van der Waals surface area contributed by atoms with Crippen LogP contribution >= 0.6 is 0 Å². The summed E-state index contributed by atoms with van der Waals surface area (Å²) in [5.41, 5.74) is 1.69. The molecule has 25 heavy (non-hydrogen) atoms.